The number of likely N-dealkylation sites (N-methyl/N-ethyl adjacent to an activating group) is 1. The number of carbonyl (C=O) groups excluding carboxylic acids is 1. The molecule has 1 aromatic carbocycles. The van der Waals surface area contributed by atoms with Crippen molar-refractivity contribution in [2.75, 3.05) is 13.1 Å². The molecular weight excluding hydrogens is 286 g/mol. The molecule has 0 aliphatic heterocycles. The van der Waals surface area contributed by atoms with Gasteiger partial charge in [-0.15, -0.1) is 0 Å². The largest absolute Gasteiger partial charge is 0.334 e. The van der Waals surface area contributed by atoms with E-state index >= 15 is 0 Å². The molecule has 3 aromatic rings. The van der Waals surface area contributed by atoms with E-state index in [-0.39, 0.29) is 5.91 Å². The Bertz CT molecular complexity index is 821. The summed E-state index contributed by atoms with van der Waals surface area (Å²) >= 11 is 0. The van der Waals surface area contributed by atoms with Crippen LogP contribution in [0.2, 0.25) is 0 Å². The second kappa shape index (κ2) is 6.92. The van der Waals surface area contributed by atoms with Gasteiger partial charge in [-0.05, 0) is 30.7 Å². The average Bonchev–Trinajstić information content (AvgIpc) is 3.08. The molecule has 0 fully saturated rings. The van der Waals surface area contributed by atoms with Crippen LogP contribution in [0.15, 0.2) is 66.9 Å². The molecule has 0 aliphatic rings. The van der Waals surface area contributed by atoms with E-state index in [1.54, 1.807) is 15.6 Å². The summed E-state index contributed by atoms with van der Waals surface area (Å²) < 4.78 is 1.69. The first kappa shape index (κ1) is 15.0. The van der Waals surface area contributed by atoms with Crippen LogP contribution in [0.5, 0.6) is 0 Å². The third-order valence-electron chi connectivity index (χ3n) is 3.74. The number of nitrogens with zero attached hydrogens (tertiary/aromatic N) is 3. The van der Waals surface area contributed by atoms with Crippen LogP contribution < -0.4 is 0 Å². The maximum Gasteiger partial charge on any atom is 0.272 e. The van der Waals surface area contributed by atoms with E-state index in [2.05, 4.69) is 5.10 Å². The Morgan fingerprint density at radius 3 is 2.74 bits per heavy atom. The van der Waals surface area contributed by atoms with E-state index in [9.17, 15) is 4.79 Å². The zero-order chi connectivity index (χ0) is 16.1. The fourth-order valence-corrected chi connectivity index (χ4v) is 2.51. The van der Waals surface area contributed by atoms with E-state index in [0.29, 0.717) is 18.8 Å². The van der Waals surface area contributed by atoms with Crippen LogP contribution in [0.1, 0.15) is 23.0 Å². The molecular formula is C19H19N3O. The van der Waals surface area contributed by atoms with E-state index < -0.39 is 0 Å². The maximum atomic E-state index is 12.8. The van der Waals surface area contributed by atoms with Gasteiger partial charge in [0.25, 0.3) is 5.91 Å². The lowest BCUT2D eigenvalue weighted by Gasteiger charge is -2.19. The summed E-state index contributed by atoms with van der Waals surface area (Å²) in [5, 5.41) is 4.24. The number of carbonyl (C=O) groups is 1. The summed E-state index contributed by atoms with van der Waals surface area (Å²) in [6, 6.07) is 17.6. The molecule has 0 radical (unpaired) electrons. The van der Waals surface area contributed by atoms with Crippen molar-refractivity contribution in [3.8, 4) is 0 Å². The van der Waals surface area contributed by atoms with Crippen LogP contribution in [0.25, 0.3) is 11.6 Å². The van der Waals surface area contributed by atoms with Crippen LogP contribution in [0.4, 0.5) is 0 Å². The first-order valence-corrected chi connectivity index (χ1v) is 7.73. The highest BCUT2D eigenvalue weighted by atomic mass is 16.2. The summed E-state index contributed by atoms with van der Waals surface area (Å²) in [7, 11) is 0. The summed E-state index contributed by atoms with van der Waals surface area (Å²) in [4.78, 5) is 14.6. The number of amides is 1. The molecule has 0 aliphatic carbocycles. The van der Waals surface area contributed by atoms with Gasteiger partial charge in [-0.1, -0.05) is 48.6 Å². The third-order valence-corrected chi connectivity index (χ3v) is 3.74. The fourth-order valence-electron chi connectivity index (χ4n) is 2.51. The molecule has 1 amide bonds. The van der Waals surface area contributed by atoms with Gasteiger partial charge in [0, 0.05) is 13.1 Å². The van der Waals surface area contributed by atoms with Gasteiger partial charge in [0.2, 0.25) is 0 Å². The molecule has 2 aromatic heterocycles. The van der Waals surface area contributed by atoms with Gasteiger partial charge in [-0.2, -0.15) is 5.10 Å². The Kier molecular flexibility index (Phi) is 4.52. The minimum absolute atomic E-state index is 0.0143. The lowest BCUT2D eigenvalue weighted by molar-refractivity contribution is 0.0773. The first-order chi connectivity index (χ1) is 11.3. The van der Waals surface area contributed by atoms with Crippen LogP contribution in [-0.4, -0.2) is 33.5 Å². The summed E-state index contributed by atoms with van der Waals surface area (Å²) in [6.07, 6.45) is 5.75. The van der Waals surface area contributed by atoms with Crippen molar-refractivity contribution in [3.05, 3.63) is 78.1 Å². The summed E-state index contributed by atoms with van der Waals surface area (Å²) in [6.45, 7) is 3.20. The van der Waals surface area contributed by atoms with Crippen LogP contribution in [0, 0.1) is 0 Å². The number of pyridine rings is 1. The van der Waals surface area contributed by atoms with Crippen molar-refractivity contribution >= 4 is 17.5 Å². The van der Waals surface area contributed by atoms with Gasteiger partial charge in [0.1, 0.15) is 5.69 Å². The third kappa shape index (κ3) is 3.31. The molecule has 3 rings (SSSR count). The Balaban J connectivity index is 1.77. The number of hydrogen-bond acceptors (Lipinski definition) is 2. The lowest BCUT2D eigenvalue weighted by Crippen LogP contribution is -2.32. The molecule has 0 saturated heterocycles. The molecule has 23 heavy (non-hydrogen) atoms. The van der Waals surface area contributed by atoms with Crippen molar-refractivity contribution in [1.29, 1.82) is 0 Å². The lowest BCUT2D eigenvalue weighted by atomic mass is 10.2. The zero-order valence-electron chi connectivity index (χ0n) is 13.1. The smallest absolute Gasteiger partial charge is 0.272 e. The minimum atomic E-state index is -0.0143. The highest BCUT2D eigenvalue weighted by molar-refractivity contribution is 5.93. The number of benzene rings is 1. The van der Waals surface area contributed by atoms with Gasteiger partial charge in [-0.25, -0.2) is 4.52 Å². The topological polar surface area (TPSA) is 37.6 Å². The van der Waals surface area contributed by atoms with Crippen molar-refractivity contribution in [3.63, 3.8) is 0 Å². The van der Waals surface area contributed by atoms with Crippen molar-refractivity contribution < 1.29 is 4.79 Å². The standard InChI is InChI=1S/C19H19N3O/c1-2-21(15-7-10-16-8-4-3-5-9-16)19(23)18-12-6-11-17-13-14-20-22(17)18/h3-14H,2,15H2,1H3. The molecule has 2 heterocycles. The van der Waals surface area contributed by atoms with Gasteiger partial charge in [-0.3, -0.25) is 4.79 Å². The average molecular weight is 305 g/mol. The van der Waals surface area contributed by atoms with E-state index in [0.717, 1.165) is 11.1 Å². The molecule has 4 nitrogen and oxygen atoms in total. The summed E-state index contributed by atoms with van der Waals surface area (Å²) in [5.41, 5.74) is 2.64. The highest BCUT2D eigenvalue weighted by Gasteiger charge is 2.16. The predicted molar refractivity (Wildman–Crippen MR) is 92.2 cm³/mol. The number of hydrogen-bond donors (Lipinski definition) is 0. The van der Waals surface area contributed by atoms with E-state index in [1.165, 1.54) is 0 Å². The molecule has 0 saturated carbocycles. The number of rotatable bonds is 5. The normalized spacial score (nSPS) is 11.2. The SMILES string of the molecule is CCN(CC=Cc1ccccc1)C(=O)c1cccc2ccnn12. The van der Waals surface area contributed by atoms with E-state index in [4.69, 9.17) is 0 Å². The molecule has 4 heteroatoms. The monoisotopic (exact) mass is 305 g/mol. The predicted octanol–water partition coefficient (Wildman–Crippen LogP) is 3.51. The second-order valence-corrected chi connectivity index (χ2v) is 5.24. The minimum Gasteiger partial charge on any atom is -0.334 e. The maximum absolute atomic E-state index is 12.8. The van der Waals surface area contributed by atoms with Crippen LogP contribution >= 0.6 is 0 Å². The van der Waals surface area contributed by atoms with Gasteiger partial charge in [0.15, 0.2) is 0 Å². The molecule has 0 atom stereocenters. The summed E-state index contributed by atoms with van der Waals surface area (Å²) in [5.74, 6) is -0.0143. The number of aromatic nitrogens is 2. The van der Waals surface area contributed by atoms with E-state index in [1.807, 2.05) is 73.7 Å². The molecule has 0 unspecified atom stereocenters. The first-order valence-electron chi connectivity index (χ1n) is 7.73. The Morgan fingerprint density at radius 2 is 1.96 bits per heavy atom. The van der Waals surface area contributed by atoms with Crippen molar-refractivity contribution in [2.24, 2.45) is 0 Å². The Hall–Kier alpha value is -2.88. The Morgan fingerprint density at radius 1 is 1.13 bits per heavy atom. The molecule has 0 spiro atoms. The van der Waals surface area contributed by atoms with Gasteiger partial charge >= 0.3 is 0 Å². The fraction of sp³-hybridized carbons (Fsp3) is 0.158. The van der Waals surface area contributed by atoms with Crippen LogP contribution in [0.3, 0.4) is 0 Å². The zero-order valence-corrected chi connectivity index (χ0v) is 13.1. The van der Waals surface area contributed by atoms with Crippen molar-refractivity contribution in [2.45, 2.75) is 6.92 Å². The molecule has 0 bridgehead atoms. The number of fused-ring (bicyclic) bond motifs is 1. The Labute approximate surface area is 135 Å². The second-order valence-electron chi connectivity index (χ2n) is 5.24. The van der Waals surface area contributed by atoms with Crippen molar-refractivity contribution in [1.82, 2.24) is 14.5 Å². The molecule has 116 valence electrons. The highest BCUT2D eigenvalue weighted by Crippen LogP contribution is 2.10. The van der Waals surface area contributed by atoms with Crippen LogP contribution in [-0.2, 0) is 0 Å². The van der Waals surface area contributed by atoms with Gasteiger partial charge < -0.3 is 4.90 Å². The quantitative estimate of drug-likeness (QED) is 0.723. The van der Waals surface area contributed by atoms with Gasteiger partial charge in [0.05, 0.1) is 11.7 Å². The molecule has 0 N–H and O–H groups in total.